The molecule has 1 heterocycles. The Hall–Kier alpha value is -1.97. The average molecular weight is 247 g/mol. The van der Waals surface area contributed by atoms with Crippen LogP contribution in [0.25, 0.3) is 10.9 Å². The fraction of sp³-hybridized carbons (Fsp3) is 0.357. The third-order valence-electron chi connectivity index (χ3n) is 3.38. The molecule has 4 nitrogen and oxygen atoms in total. The normalized spacial score (nSPS) is 10.7. The fourth-order valence-electron chi connectivity index (χ4n) is 2.19. The van der Waals surface area contributed by atoms with Gasteiger partial charge in [-0.25, -0.2) is 0 Å². The van der Waals surface area contributed by atoms with Crippen molar-refractivity contribution in [2.45, 2.75) is 13.3 Å². The lowest BCUT2D eigenvalue weighted by atomic mass is 10.1. The van der Waals surface area contributed by atoms with Crippen LogP contribution >= 0.6 is 0 Å². The Labute approximate surface area is 106 Å². The Morgan fingerprint density at radius 1 is 1.33 bits per heavy atom. The molecule has 4 heteroatoms. The summed E-state index contributed by atoms with van der Waals surface area (Å²) in [4.78, 5) is 11.5. The van der Waals surface area contributed by atoms with Gasteiger partial charge in [-0.15, -0.1) is 0 Å². The van der Waals surface area contributed by atoms with E-state index < -0.39 is 0 Å². The highest BCUT2D eigenvalue weighted by atomic mass is 16.5. The summed E-state index contributed by atoms with van der Waals surface area (Å²) in [6.07, 6.45) is 0.285. The predicted octanol–water partition coefficient (Wildman–Crippen LogP) is 2.21. The van der Waals surface area contributed by atoms with Gasteiger partial charge in [-0.2, -0.15) is 0 Å². The van der Waals surface area contributed by atoms with Crippen molar-refractivity contribution in [3.63, 3.8) is 0 Å². The fourth-order valence-corrected chi connectivity index (χ4v) is 2.19. The van der Waals surface area contributed by atoms with Crippen molar-refractivity contribution < 1.29 is 14.3 Å². The summed E-state index contributed by atoms with van der Waals surface area (Å²) in [6.45, 7) is 2.00. The zero-order valence-electron chi connectivity index (χ0n) is 11.1. The molecule has 2 rings (SSSR count). The second-order valence-electron chi connectivity index (χ2n) is 4.26. The van der Waals surface area contributed by atoms with Crippen LogP contribution < -0.4 is 4.74 Å². The molecule has 0 atom stereocenters. The Bertz CT molecular complexity index is 599. The molecular weight excluding hydrogens is 230 g/mol. The van der Waals surface area contributed by atoms with Gasteiger partial charge < -0.3 is 14.0 Å². The number of aromatic nitrogens is 1. The SMILES string of the molecule is COC(=O)Cc1c(C)n(C)c2ccc(OC)cc12. The third kappa shape index (κ3) is 1.94. The number of nitrogens with zero attached hydrogens (tertiary/aromatic N) is 1. The van der Waals surface area contributed by atoms with Crippen LogP contribution in [0.2, 0.25) is 0 Å². The lowest BCUT2D eigenvalue weighted by Crippen LogP contribution is -2.05. The number of carbonyl (C=O) groups excluding carboxylic acids is 1. The highest BCUT2D eigenvalue weighted by Crippen LogP contribution is 2.29. The summed E-state index contributed by atoms with van der Waals surface area (Å²) >= 11 is 0. The molecule has 18 heavy (non-hydrogen) atoms. The van der Waals surface area contributed by atoms with E-state index in [0.29, 0.717) is 0 Å². The van der Waals surface area contributed by atoms with Crippen molar-refractivity contribution in [3.8, 4) is 5.75 Å². The summed E-state index contributed by atoms with van der Waals surface area (Å²) in [5.41, 5.74) is 3.16. The molecule has 0 saturated carbocycles. The molecule has 0 aliphatic heterocycles. The largest absolute Gasteiger partial charge is 0.497 e. The van der Waals surface area contributed by atoms with Crippen molar-refractivity contribution in [1.82, 2.24) is 4.57 Å². The van der Waals surface area contributed by atoms with E-state index in [4.69, 9.17) is 9.47 Å². The quantitative estimate of drug-likeness (QED) is 0.781. The Morgan fingerprint density at radius 2 is 2.06 bits per heavy atom. The molecule has 0 N–H and O–H groups in total. The Kier molecular flexibility index (Phi) is 3.28. The lowest BCUT2D eigenvalue weighted by Gasteiger charge is -2.02. The van der Waals surface area contributed by atoms with Crippen LogP contribution in [0.5, 0.6) is 5.75 Å². The number of carbonyl (C=O) groups is 1. The number of methoxy groups -OCH3 is 2. The van der Waals surface area contributed by atoms with E-state index in [0.717, 1.165) is 27.9 Å². The minimum atomic E-state index is -0.228. The first-order chi connectivity index (χ1) is 8.58. The molecule has 1 aromatic heterocycles. The lowest BCUT2D eigenvalue weighted by molar-refractivity contribution is -0.139. The second kappa shape index (κ2) is 4.72. The van der Waals surface area contributed by atoms with Gasteiger partial charge in [-0.1, -0.05) is 0 Å². The summed E-state index contributed by atoms with van der Waals surface area (Å²) in [5.74, 6) is 0.563. The second-order valence-corrected chi connectivity index (χ2v) is 4.26. The first-order valence-electron chi connectivity index (χ1n) is 5.77. The molecule has 0 spiro atoms. The van der Waals surface area contributed by atoms with Crippen LogP contribution in [0.3, 0.4) is 0 Å². The van der Waals surface area contributed by atoms with Gasteiger partial charge in [-0.05, 0) is 30.7 Å². The molecule has 0 unspecified atom stereocenters. The van der Waals surface area contributed by atoms with E-state index in [1.54, 1.807) is 7.11 Å². The van der Waals surface area contributed by atoms with E-state index in [1.165, 1.54) is 7.11 Å². The van der Waals surface area contributed by atoms with Gasteiger partial charge in [0.1, 0.15) is 5.75 Å². The molecule has 0 saturated heterocycles. The number of rotatable bonds is 3. The van der Waals surface area contributed by atoms with Crippen molar-refractivity contribution in [2.75, 3.05) is 14.2 Å². The number of fused-ring (bicyclic) bond motifs is 1. The highest BCUT2D eigenvalue weighted by Gasteiger charge is 2.15. The van der Waals surface area contributed by atoms with Crippen LogP contribution in [-0.4, -0.2) is 24.8 Å². The smallest absolute Gasteiger partial charge is 0.310 e. The minimum absolute atomic E-state index is 0.228. The molecule has 0 radical (unpaired) electrons. The number of hydrogen-bond acceptors (Lipinski definition) is 3. The molecule has 0 aliphatic rings. The third-order valence-corrected chi connectivity index (χ3v) is 3.38. The van der Waals surface area contributed by atoms with E-state index in [1.807, 2.05) is 32.2 Å². The number of aryl methyl sites for hydroxylation is 1. The zero-order valence-corrected chi connectivity index (χ0v) is 11.1. The van der Waals surface area contributed by atoms with Crippen LogP contribution in [0.1, 0.15) is 11.3 Å². The first-order valence-corrected chi connectivity index (χ1v) is 5.77. The van der Waals surface area contributed by atoms with E-state index >= 15 is 0 Å². The number of hydrogen-bond donors (Lipinski definition) is 0. The van der Waals surface area contributed by atoms with Crippen LogP contribution in [0, 0.1) is 6.92 Å². The van der Waals surface area contributed by atoms with E-state index in [9.17, 15) is 4.79 Å². The Morgan fingerprint density at radius 3 is 2.67 bits per heavy atom. The highest BCUT2D eigenvalue weighted by molar-refractivity contribution is 5.90. The van der Waals surface area contributed by atoms with Crippen molar-refractivity contribution in [1.29, 1.82) is 0 Å². The number of benzene rings is 1. The van der Waals surface area contributed by atoms with E-state index in [-0.39, 0.29) is 12.4 Å². The maximum Gasteiger partial charge on any atom is 0.310 e. The van der Waals surface area contributed by atoms with Crippen molar-refractivity contribution in [2.24, 2.45) is 7.05 Å². The number of ether oxygens (including phenoxy) is 2. The predicted molar refractivity (Wildman–Crippen MR) is 69.9 cm³/mol. The standard InChI is InChI=1S/C14H17NO3/c1-9-11(8-14(16)18-4)12-7-10(17-3)5-6-13(12)15(9)2/h5-7H,8H2,1-4H3. The molecule has 0 fully saturated rings. The monoisotopic (exact) mass is 247 g/mol. The van der Waals surface area contributed by atoms with Gasteiger partial charge in [0.15, 0.2) is 0 Å². The maximum absolute atomic E-state index is 11.5. The van der Waals surface area contributed by atoms with Crippen LogP contribution in [0.4, 0.5) is 0 Å². The summed E-state index contributed by atoms with van der Waals surface area (Å²) in [7, 11) is 5.03. The Balaban J connectivity index is 2.62. The maximum atomic E-state index is 11.5. The summed E-state index contributed by atoms with van der Waals surface area (Å²) < 4.78 is 12.1. The molecule has 2 aromatic rings. The molecule has 96 valence electrons. The molecule has 0 bridgehead atoms. The van der Waals surface area contributed by atoms with E-state index in [2.05, 4.69) is 4.57 Å². The first kappa shape index (κ1) is 12.5. The van der Waals surface area contributed by atoms with Crippen molar-refractivity contribution >= 4 is 16.9 Å². The van der Waals surface area contributed by atoms with Crippen LogP contribution in [0.15, 0.2) is 18.2 Å². The topological polar surface area (TPSA) is 40.5 Å². The van der Waals surface area contributed by atoms with Gasteiger partial charge in [0.25, 0.3) is 0 Å². The van der Waals surface area contributed by atoms with Gasteiger partial charge in [0, 0.05) is 23.6 Å². The molecule has 0 amide bonds. The minimum Gasteiger partial charge on any atom is -0.497 e. The van der Waals surface area contributed by atoms with Crippen molar-refractivity contribution in [3.05, 3.63) is 29.5 Å². The molecule has 0 aliphatic carbocycles. The molecular formula is C14H17NO3. The summed E-state index contributed by atoms with van der Waals surface area (Å²) in [6, 6.07) is 5.88. The van der Waals surface area contributed by atoms with Gasteiger partial charge >= 0.3 is 5.97 Å². The average Bonchev–Trinajstić information content (AvgIpc) is 2.63. The van der Waals surface area contributed by atoms with Gasteiger partial charge in [0.2, 0.25) is 0 Å². The summed E-state index contributed by atoms with van der Waals surface area (Å²) in [5, 5.41) is 1.04. The van der Waals surface area contributed by atoms with Crippen LogP contribution in [-0.2, 0) is 23.0 Å². The number of esters is 1. The zero-order chi connectivity index (χ0) is 13.3. The van der Waals surface area contributed by atoms with Gasteiger partial charge in [0.05, 0.1) is 20.6 Å². The molecule has 1 aromatic carbocycles. The van der Waals surface area contributed by atoms with Gasteiger partial charge in [-0.3, -0.25) is 4.79 Å².